The Morgan fingerprint density at radius 3 is 1.03 bits per heavy atom. The Labute approximate surface area is 617 Å². The number of aliphatic hydroxyl groups is 2. The van der Waals surface area contributed by atoms with E-state index in [9.17, 15) is 117 Å². The van der Waals surface area contributed by atoms with Gasteiger partial charge in [0.25, 0.3) is 0 Å². The molecule has 0 bridgehead atoms. The molecule has 0 fully saturated rings. The third-order valence-corrected chi connectivity index (χ3v) is 16.2. The molecule has 0 heterocycles. The van der Waals surface area contributed by atoms with Gasteiger partial charge in [-0.3, -0.25) is 86.3 Å². The Morgan fingerprint density at radius 2 is 0.673 bits per heavy atom. The first-order chi connectivity index (χ1) is 50.1. The minimum absolute atomic E-state index is 0.0224. The Hall–Kier alpha value is -10.3. The van der Waals surface area contributed by atoms with Crippen molar-refractivity contribution in [1.82, 2.24) is 74.4 Å². The summed E-state index contributed by atoms with van der Waals surface area (Å²) in [6, 6.07) is -21.7. The molecular weight excluding hydrogens is 1420 g/mol. The highest BCUT2D eigenvalue weighted by atomic mass is 16.4. The van der Waals surface area contributed by atoms with Gasteiger partial charge in [0.05, 0.1) is 19.8 Å². The lowest BCUT2D eigenvalue weighted by Crippen LogP contribution is -2.61. The van der Waals surface area contributed by atoms with Crippen molar-refractivity contribution in [2.45, 2.75) is 243 Å². The van der Waals surface area contributed by atoms with E-state index in [1.165, 1.54) is 6.92 Å². The first-order valence-corrected chi connectivity index (χ1v) is 34.8. The van der Waals surface area contributed by atoms with Gasteiger partial charge >= 0.3 is 23.9 Å². The molecule has 0 saturated heterocycles. The highest BCUT2D eigenvalue weighted by molar-refractivity contribution is 6.00. The molecule has 0 aromatic carbocycles. The Bertz CT molecular complexity index is 3070. The van der Waals surface area contributed by atoms with Gasteiger partial charge in [0.15, 0.2) is 0 Å². The first kappa shape index (κ1) is 96.7. The molecule has 0 aliphatic heterocycles. The number of unbranched alkanes of at least 4 members (excludes halogenated alkanes) is 2. The molecule has 0 unspecified atom stereocenters. The number of carboxylic acids is 4. The molecule has 0 saturated carbocycles. The zero-order valence-corrected chi connectivity index (χ0v) is 61.3. The molecule has 107 heavy (non-hydrogen) atoms. The van der Waals surface area contributed by atoms with Gasteiger partial charge in [-0.25, -0.2) is 4.79 Å². The van der Waals surface area contributed by atoms with Crippen LogP contribution in [0.1, 0.15) is 158 Å². The summed E-state index contributed by atoms with van der Waals surface area (Å²) in [5.74, 6) is -22.1. The van der Waals surface area contributed by atoms with Crippen LogP contribution >= 0.6 is 0 Å². The van der Waals surface area contributed by atoms with Crippen LogP contribution in [0, 0.1) is 11.8 Å². The van der Waals surface area contributed by atoms with Gasteiger partial charge in [0, 0.05) is 25.7 Å². The Kier molecular flexibility index (Phi) is 46.1. The molecule has 0 aromatic heterocycles. The van der Waals surface area contributed by atoms with Crippen LogP contribution in [0.4, 0.5) is 0 Å². The number of aliphatic carboxylic acids is 4. The van der Waals surface area contributed by atoms with Gasteiger partial charge in [0.2, 0.25) is 88.6 Å². The number of carboxylic acid groups (broad SMARTS) is 4. The fourth-order valence-corrected chi connectivity index (χ4v) is 9.67. The van der Waals surface area contributed by atoms with E-state index in [1.807, 2.05) is 0 Å². The number of rotatable bonds is 55. The molecule has 606 valence electrons. The molecule has 0 radical (unpaired) electrons. The van der Waals surface area contributed by atoms with E-state index in [0.29, 0.717) is 19.3 Å². The molecule has 43 nitrogen and oxygen atoms in total. The predicted octanol–water partition coefficient (Wildman–Crippen LogP) is -8.91. The van der Waals surface area contributed by atoms with E-state index in [1.54, 1.807) is 27.7 Å². The van der Waals surface area contributed by atoms with Crippen LogP contribution in [0.15, 0.2) is 0 Å². The predicted molar refractivity (Wildman–Crippen MR) is 374 cm³/mol. The van der Waals surface area contributed by atoms with E-state index in [0.717, 1.165) is 20.8 Å². The van der Waals surface area contributed by atoms with Crippen molar-refractivity contribution >= 4 is 112 Å². The summed E-state index contributed by atoms with van der Waals surface area (Å²) in [7, 11) is 0. The lowest BCUT2D eigenvalue weighted by atomic mass is 9.97. The van der Waals surface area contributed by atoms with Crippen LogP contribution in [-0.4, -0.2) is 261 Å². The van der Waals surface area contributed by atoms with Crippen LogP contribution in [0.5, 0.6) is 0 Å². The topological polar surface area (TPSA) is 718 Å². The van der Waals surface area contributed by atoms with Crippen LogP contribution in [0.2, 0.25) is 0 Å². The number of carbonyl (C=O) groups excluding carboxylic acids is 15. The van der Waals surface area contributed by atoms with Crippen LogP contribution < -0.4 is 97.4 Å². The van der Waals surface area contributed by atoms with Crippen LogP contribution in [-0.2, 0) is 91.1 Å². The van der Waals surface area contributed by atoms with Gasteiger partial charge in [-0.15, -0.1) is 0 Å². The third-order valence-electron chi connectivity index (χ3n) is 16.2. The minimum atomic E-state index is -1.84. The molecule has 43 heteroatoms. The average molecular weight is 1530 g/mol. The standard InChI is InChI=1S/C64H110N18O25/c1-9-31(4)50(82-55(97)36(67)28-83)63(105)78-39(16-20-45(68)85)58(100)73-35(8)54(96)81-44(29-84)62(104)80-43(26-30(2)3)61(103)77-41(18-22-48(89)90)60(102)72-33(6)52(94)76-40(17-21-47(87)88)59(101)71-32(5)51(93)75-37(14-10-12-24-65)56(98)69-27-46(86)74-38(15-11-13-25-66)57(99)70-34(7)53(95)79-42(64(106)107)19-23-49(91)92/h30-44,50,83-84H,9-29,65-67H2,1-8H3,(H2,68,85)(H,69,98)(H,70,99)(H,71,101)(H,72,102)(H,73,100)(H,74,86)(H,75,93)(H,76,94)(H,77,103)(H,78,105)(H,79,95)(H,80,104)(H,81,96)(H,82,97)(H,87,88)(H,89,90)(H,91,92)(H,106,107)/t31-,32-,33-,34-,35-,36-,37-,38-,39-,40-,41-,42-,43-,44-,50-/m0/s1. The highest BCUT2D eigenvalue weighted by Gasteiger charge is 2.37. The normalized spacial score (nSPS) is 15.2. The molecule has 0 aliphatic rings. The largest absolute Gasteiger partial charge is 0.481 e. The summed E-state index contributed by atoms with van der Waals surface area (Å²) in [5.41, 5.74) is 22.2. The molecule has 0 rings (SSSR count). The van der Waals surface area contributed by atoms with Crippen molar-refractivity contribution < 1.29 is 122 Å². The number of nitrogens with one attached hydrogen (secondary N) is 14. The van der Waals surface area contributed by atoms with Crippen molar-refractivity contribution in [3.05, 3.63) is 0 Å². The zero-order chi connectivity index (χ0) is 82.0. The summed E-state index contributed by atoms with van der Waals surface area (Å²) >= 11 is 0. The number of primary amides is 1. The quantitative estimate of drug-likeness (QED) is 0.0252. The summed E-state index contributed by atoms with van der Waals surface area (Å²) in [6.07, 6.45) is -3.36. The summed E-state index contributed by atoms with van der Waals surface area (Å²) in [6.45, 7) is 8.85. The second-order valence-electron chi connectivity index (χ2n) is 25.9. The van der Waals surface area contributed by atoms with E-state index < -0.39 is 280 Å². The molecule has 15 atom stereocenters. The SMILES string of the molecule is CC[C@H](C)[C@H](NC(=O)[C@@H](N)CO)C(=O)N[C@@H](CCC(N)=O)C(=O)N[C@@H](C)C(=O)N[C@@H](CO)C(=O)N[C@@H](CC(C)C)C(=O)N[C@@H](CCC(=O)O)C(=O)N[C@@H](C)C(=O)N[C@@H](CCC(=O)O)C(=O)N[C@@H](C)C(=O)N[C@@H](CCCCN)C(=O)NCC(=O)N[C@@H](CCCCN)C(=O)N[C@@H](C)C(=O)N[C@@H](CCC(=O)O)C(=O)O. The van der Waals surface area contributed by atoms with E-state index >= 15 is 0 Å². The van der Waals surface area contributed by atoms with Gasteiger partial charge in [-0.05, 0) is 123 Å². The van der Waals surface area contributed by atoms with Crippen molar-refractivity contribution in [2.24, 2.45) is 34.8 Å². The first-order valence-electron chi connectivity index (χ1n) is 34.8. The molecule has 0 aliphatic carbocycles. The average Bonchev–Trinajstić information content (AvgIpc) is 0.868. The number of nitrogens with two attached hydrogens (primary N) is 4. The van der Waals surface area contributed by atoms with Crippen LogP contribution in [0.25, 0.3) is 0 Å². The highest BCUT2D eigenvalue weighted by Crippen LogP contribution is 2.13. The van der Waals surface area contributed by atoms with E-state index in [4.69, 9.17) is 28.0 Å². The van der Waals surface area contributed by atoms with Gasteiger partial charge < -0.3 is 128 Å². The molecule has 15 amide bonds. The van der Waals surface area contributed by atoms with Crippen molar-refractivity contribution in [3.63, 3.8) is 0 Å². The van der Waals surface area contributed by atoms with Gasteiger partial charge in [-0.2, -0.15) is 0 Å². The maximum atomic E-state index is 14.0. The second kappa shape index (κ2) is 51.0. The zero-order valence-electron chi connectivity index (χ0n) is 61.3. The summed E-state index contributed by atoms with van der Waals surface area (Å²) in [5, 5.41) is 89.7. The summed E-state index contributed by atoms with van der Waals surface area (Å²) < 4.78 is 0. The maximum Gasteiger partial charge on any atom is 0.326 e. The van der Waals surface area contributed by atoms with Gasteiger partial charge in [-0.1, -0.05) is 34.1 Å². The van der Waals surface area contributed by atoms with Gasteiger partial charge in [0.1, 0.15) is 84.6 Å². The lowest BCUT2D eigenvalue weighted by molar-refractivity contribution is -0.143. The number of hydrogen-bond donors (Lipinski definition) is 24. The van der Waals surface area contributed by atoms with Crippen molar-refractivity contribution in [2.75, 3.05) is 32.8 Å². The molecule has 0 aromatic rings. The number of carbonyl (C=O) groups is 19. The van der Waals surface area contributed by atoms with E-state index in [2.05, 4.69) is 74.4 Å². The molecular formula is C64H110N18O25. The Balaban J connectivity index is 6.41. The fraction of sp³-hybridized carbons (Fsp3) is 0.703. The molecule has 0 spiro atoms. The van der Waals surface area contributed by atoms with Crippen LogP contribution in [0.3, 0.4) is 0 Å². The molecule has 28 N–H and O–H groups in total. The lowest BCUT2D eigenvalue weighted by Gasteiger charge is -2.28. The number of hydrogen-bond acceptors (Lipinski definition) is 24. The maximum absolute atomic E-state index is 14.0. The van der Waals surface area contributed by atoms with Crippen molar-refractivity contribution in [3.8, 4) is 0 Å². The van der Waals surface area contributed by atoms with E-state index in [-0.39, 0.29) is 45.2 Å². The smallest absolute Gasteiger partial charge is 0.326 e. The number of amides is 15. The summed E-state index contributed by atoms with van der Waals surface area (Å²) in [4.78, 5) is 247. The third kappa shape index (κ3) is 39.1. The fourth-order valence-electron chi connectivity index (χ4n) is 9.67. The minimum Gasteiger partial charge on any atom is -0.481 e. The monoisotopic (exact) mass is 1530 g/mol. The van der Waals surface area contributed by atoms with Crippen molar-refractivity contribution in [1.29, 1.82) is 0 Å². The second-order valence-corrected chi connectivity index (χ2v) is 25.9. The Morgan fingerprint density at radius 1 is 0.346 bits per heavy atom. The number of aliphatic hydroxyl groups excluding tert-OH is 2.